The van der Waals surface area contributed by atoms with Crippen LogP contribution in [0.15, 0.2) is 48.7 Å². The number of rotatable bonds is 7. The number of hydrogen-bond donors (Lipinski definition) is 2. The summed E-state index contributed by atoms with van der Waals surface area (Å²) in [5, 5.41) is 6.34. The molecule has 0 spiro atoms. The van der Waals surface area contributed by atoms with Crippen LogP contribution in [0.4, 0.5) is 0 Å². The molecule has 5 nitrogen and oxygen atoms in total. The fourth-order valence-corrected chi connectivity index (χ4v) is 2.66. The zero-order valence-electron chi connectivity index (χ0n) is 15.2. The van der Waals surface area contributed by atoms with E-state index in [1.165, 1.54) is 0 Å². The molecule has 26 heavy (non-hydrogen) atoms. The normalized spacial score (nSPS) is 14.2. The van der Waals surface area contributed by atoms with Crippen molar-refractivity contribution in [2.75, 3.05) is 0 Å². The van der Waals surface area contributed by atoms with Crippen LogP contribution in [0.1, 0.15) is 49.3 Å². The van der Waals surface area contributed by atoms with Crippen LogP contribution in [0.25, 0.3) is 0 Å². The van der Waals surface area contributed by atoms with Crippen molar-refractivity contribution in [3.8, 4) is 0 Å². The maximum atomic E-state index is 12.8. The van der Waals surface area contributed by atoms with E-state index in [4.69, 9.17) is 11.6 Å². The molecule has 3 unspecified atom stereocenters. The average molecular weight is 374 g/mol. The van der Waals surface area contributed by atoms with Crippen LogP contribution in [0.2, 0.25) is 5.02 Å². The van der Waals surface area contributed by atoms with Gasteiger partial charge in [0.25, 0.3) is 5.91 Å². The molecule has 0 aliphatic rings. The third kappa shape index (κ3) is 5.30. The molecule has 0 aliphatic heterocycles. The molecule has 0 radical (unpaired) electrons. The fourth-order valence-electron chi connectivity index (χ4n) is 2.54. The highest BCUT2D eigenvalue weighted by molar-refractivity contribution is 6.30. The Kier molecular flexibility index (Phi) is 7.16. The molecule has 1 aromatic heterocycles. The zero-order valence-corrected chi connectivity index (χ0v) is 16.0. The molecule has 0 fully saturated rings. The molecule has 2 amide bonds. The quantitative estimate of drug-likeness (QED) is 0.776. The smallest absolute Gasteiger partial charge is 0.251 e. The van der Waals surface area contributed by atoms with Gasteiger partial charge in [0.2, 0.25) is 5.91 Å². The van der Waals surface area contributed by atoms with E-state index in [-0.39, 0.29) is 23.8 Å². The summed E-state index contributed by atoms with van der Waals surface area (Å²) in [6.45, 7) is 5.80. The van der Waals surface area contributed by atoms with E-state index >= 15 is 0 Å². The zero-order chi connectivity index (χ0) is 19.1. The second-order valence-corrected chi connectivity index (χ2v) is 6.76. The summed E-state index contributed by atoms with van der Waals surface area (Å²) in [5.74, 6) is -0.533. The van der Waals surface area contributed by atoms with Gasteiger partial charge in [-0.2, -0.15) is 0 Å². The van der Waals surface area contributed by atoms with Gasteiger partial charge in [-0.25, -0.2) is 0 Å². The van der Waals surface area contributed by atoms with Crippen molar-refractivity contribution in [3.05, 3.63) is 64.9 Å². The predicted octanol–water partition coefficient (Wildman–Crippen LogP) is 3.76. The minimum Gasteiger partial charge on any atom is -0.346 e. The number of hydrogen-bond acceptors (Lipinski definition) is 3. The van der Waals surface area contributed by atoms with E-state index in [9.17, 15) is 9.59 Å². The number of nitrogens with one attached hydrogen (secondary N) is 2. The highest BCUT2D eigenvalue weighted by Gasteiger charge is 2.27. The molecule has 0 saturated heterocycles. The number of carbonyl (C=O) groups excluding carboxylic acids is 2. The minimum absolute atomic E-state index is 0.0119. The van der Waals surface area contributed by atoms with E-state index in [1.54, 1.807) is 30.5 Å². The molecule has 2 aromatic rings. The Morgan fingerprint density at radius 2 is 1.77 bits per heavy atom. The Balaban J connectivity index is 2.09. The first-order valence-electron chi connectivity index (χ1n) is 8.70. The van der Waals surface area contributed by atoms with Crippen molar-refractivity contribution in [2.45, 2.75) is 39.3 Å². The molecule has 0 bridgehead atoms. The highest BCUT2D eigenvalue weighted by atomic mass is 35.5. The van der Waals surface area contributed by atoms with Gasteiger partial charge in [-0.05, 0) is 49.2 Å². The molecule has 1 heterocycles. The molecule has 1 aromatic carbocycles. The summed E-state index contributed by atoms with van der Waals surface area (Å²) in [6.07, 6.45) is 2.45. The van der Waals surface area contributed by atoms with Gasteiger partial charge < -0.3 is 10.6 Å². The molecule has 2 rings (SSSR count). The lowest BCUT2D eigenvalue weighted by Gasteiger charge is -2.25. The summed E-state index contributed by atoms with van der Waals surface area (Å²) < 4.78 is 0. The topological polar surface area (TPSA) is 71.1 Å². The maximum Gasteiger partial charge on any atom is 0.251 e. The first kappa shape index (κ1) is 19.9. The van der Waals surface area contributed by atoms with Crippen molar-refractivity contribution < 1.29 is 9.59 Å². The van der Waals surface area contributed by atoms with E-state index in [1.807, 2.05) is 39.0 Å². The van der Waals surface area contributed by atoms with Crippen LogP contribution in [0, 0.1) is 5.92 Å². The second-order valence-electron chi connectivity index (χ2n) is 6.33. The SMILES string of the molecule is CCC(C)C(NC(=O)c1ccc(Cl)cc1)C(=O)NC(C)c1ccccn1. The second kappa shape index (κ2) is 9.34. The number of carbonyl (C=O) groups is 2. The van der Waals surface area contributed by atoms with E-state index < -0.39 is 6.04 Å². The van der Waals surface area contributed by atoms with Crippen LogP contribution >= 0.6 is 11.6 Å². The summed E-state index contributed by atoms with van der Waals surface area (Å²) >= 11 is 5.86. The van der Waals surface area contributed by atoms with Crippen molar-refractivity contribution in [3.63, 3.8) is 0 Å². The van der Waals surface area contributed by atoms with Crippen molar-refractivity contribution in [2.24, 2.45) is 5.92 Å². The predicted molar refractivity (Wildman–Crippen MR) is 103 cm³/mol. The standard InChI is InChI=1S/C20H24ClN3O2/c1-4-13(2)18(24-19(25)15-8-10-16(21)11-9-15)20(26)23-14(3)17-7-5-6-12-22-17/h5-14,18H,4H2,1-3H3,(H,23,26)(H,24,25). The summed E-state index contributed by atoms with van der Waals surface area (Å²) in [6, 6.07) is 11.3. The molecule has 3 atom stereocenters. The van der Waals surface area contributed by atoms with Crippen LogP contribution in [-0.2, 0) is 4.79 Å². The Morgan fingerprint density at radius 3 is 2.35 bits per heavy atom. The third-order valence-electron chi connectivity index (χ3n) is 4.38. The molecule has 0 saturated carbocycles. The molecule has 6 heteroatoms. The first-order valence-corrected chi connectivity index (χ1v) is 9.08. The Morgan fingerprint density at radius 1 is 1.08 bits per heavy atom. The lowest BCUT2D eigenvalue weighted by atomic mass is 9.97. The van der Waals surface area contributed by atoms with E-state index in [0.717, 1.165) is 12.1 Å². The number of pyridine rings is 1. The Bertz CT molecular complexity index is 734. The molecule has 2 N–H and O–H groups in total. The Labute approximate surface area is 159 Å². The molecule has 138 valence electrons. The summed E-state index contributed by atoms with van der Waals surface area (Å²) in [5.41, 5.74) is 1.24. The monoisotopic (exact) mass is 373 g/mol. The third-order valence-corrected chi connectivity index (χ3v) is 4.63. The first-order chi connectivity index (χ1) is 12.4. The van der Waals surface area contributed by atoms with Gasteiger partial charge in [0.15, 0.2) is 0 Å². The molecule has 0 aliphatic carbocycles. The fraction of sp³-hybridized carbons (Fsp3) is 0.350. The van der Waals surface area contributed by atoms with E-state index in [2.05, 4.69) is 15.6 Å². The van der Waals surface area contributed by atoms with Gasteiger partial charge in [0, 0.05) is 16.8 Å². The van der Waals surface area contributed by atoms with Crippen molar-refractivity contribution in [1.29, 1.82) is 0 Å². The van der Waals surface area contributed by atoms with Crippen LogP contribution in [0.5, 0.6) is 0 Å². The van der Waals surface area contributed by atoms with Gasteiger partial charge in [-0.15, -0.1) is 0 Å². The maximum absolute atomic E-state index is 12.8. The number of halogens is 1. The lowest BCUT2D eigenvalue weighted by molar-refractivity contribution is -0.124. The van der Waals surface area contributed by atoms with Gasteiger partial charge >= 0.3 is 0 Å². The number of amides is 2. The lowest BCUT2D eigenvalue weighted by Crippen LogP contribution is -2.50. The van der Waals surface area contributed by atoms with Crippen molar-refractivity contribution in [1.82, 2.24) is 15.6 Å². The number of benzene rings is 1. The van der Waals surface area contributed by atoms with E-state index in [0.29, 0.717) is 10.6 Å². The van der Waals surface area contributed by atoms with Crippen LogP contribution in [0.3, 0.4) is 0 Å². The van der Waals surface area contributed by atoms with Crippen LogP contribution in [-0.4, -0.2) is 22.8 Å². The van der Waals surface area contributed by atoms with Crippen molar-refractivity contribution >= 4 is 23.4 Å². The largest absolute Gasteiger partial charge is 0.346 e. The van der Waals surface area contributed by atoms with Gasteiger partial charge in [0.05, 0.1) is 11.7 Å². The Hall–Kier alpha value is -2.40. The summed E-state index contributed by atoms with van der Waals surface area (Å²) in [4.78, 5) is 29.5. The van der Waals surface area contributed by atoms with Gasteiger partial charge in [0.1, 0.15) is 6.04 Å². The average Bonchev–Trinajstić information content (AvgIpc) is 2.66. The highest BCUT2D eigenvalue weighted by Crippen LogP contribution is 2.14. The van der Waals surface area contributed by atoms with Gasteiger partial charge in [-0.3, -0.25) is 14.6 Å². The molecular formula is C20H24ClN3O2. The number of aromatic nitrogens is 1. The van der Waals surface area contributed by atoms with Crippen LogP contribution < -0.4 is 10.6 Å². The number of nitrogens with zero attached hydrogens (tertiary/aromatic N) is 1. The van der Waals surface area contributed by atoms with Gasteiger partial charge in [-0.1, -0.05) is 37.9 Å². The molecular weight excluding hydrogens is 350 g/mol. The minimum atomic E-state index is -0.630. The summed E-state index contributed by atoms with van der Waals surface area (Å²) in [7, 11) is 0.